The summed E-state index contributed by atoms with van der Waals surface area (Å²) in [5.41, 5.74) is 0.272. The Bertz CT molecular complexity index is 1220. The van der Waals surface area contributed by atoms with Crippen LogP contribution in [0, 0.1) is 29.1 Å². The minimum Gasteiger partial charge on any atom is -0.493 e. The van der Waals surface area contributed by atoms with Crippen molar-refractivity contribution in [3.8, 4) is 17.2 Å². The topological polar surface area (TPSA) is 36.9 Å². The Morgan fingerprint density at radius 2 is 1.55 bits per heavy atom. The minimum absolute atomic E-state index is 0.196. The maximum atomic E-state index is 13.5. The highest BCUT2D eigenvalue weighted by atomic mass is 32.2. The molecule has 1 heterocycles. The van der Waals surface area contributed by atoms with E-state index in [1.807, 2.05) is 0 Å². The first-order valence-corrected chi connectivity index (χ1v) is 11.7. The highest BCUT2D eigenvalue weighted by Crippen LogP contribution is 2.35. The number of alkyl halides is 3. The minimum atomic E-state index is -4.33. The van der Waals surface area contributed by atoms with Gasteiger partial charge in [0, 0.05) is 7.11 Å². The van der Waals surface area contributed by atoms with Crippen molar-refractivity contribution in [3.05, 3.63) is 82.7 Å². The van der Waals surface area contributed by atoms with Crippen LogP contribution in [0.5, 0.6) is 17.2 Å². The molecule has 0 radical (unpaired) electrons. The quantitative estimate of drug-likeness (QED) is 0.0969. The molecule has 4 rings (SSSR count). The highest BCUT2D eigenvalue weighted by Gasteiger charge is 2.30. The Morgan fingerprint density at radius 1 is 0.868 bits per heavy atom. The smallest absolute Gasteiger partial charge is 0.416 e. The van der Waals surface area contributed by atoms with Crippen LogP contribution in [-0.2, 0) is 17.3 Å². The number of ether oxygens (including phenoxy) is 3. The van der Waals surface area contributed by atoms with E-state index in [-0.39, 0.29) is 12.4 Å². The van der Waals surface area contributed by atoms with Crippen molar-refractivity contribution in [1.29, 1.82) is 0 Å². The average molecular weight is 568 g/mol. The Labute approximate surface area is 216 Å². The van der Waals surface area contributed by atoms with Gasteiger partial charge in [-0.3, -0.25) is 0 Å². The average Bonchev–Trinajstić information content (AvgIpc) is 2.91. The van der Waals surface area contributed by atoms with E-state index < -0.39 is 46.6 Å². The van der Waals surface area contributed by atoms with Gasteiger partial charge >= 0.3 is 6.18 Å². The van der Waals surface area contributed by atoms with Gasteiger partial charge in [-0.05, 0) is 48.7 Å². The Morgan fingerprint density at radius 3 is 2.21 bits per heavy atom. The molecule has 4 nitrogen and oxygen atoms in total. The number of methoxy groups -OCH3 is 1. The van der Waals surface area contributed by atoms with Gasteiger partial charge < -0.3 is 18.4 Å². The van der Waals surface area contributed by atoms with Crippen LogP contribution in [0.4, 0.5) is 35.1 Å². The molecule has 13 heteroatoms. The van der Waals surface area contributed by atoms with Gasteiger partial charge in [0.15, 0.2) is 0 Å². The highest BCUT2D eigenvalue weighted by molar-refractivity contribution is 7.95. The van der Waals surface area contributed by atoms with Crippen LogP contribution in [-0.4, -0.2) is 26.9 Å². The summed E-state index contributed by atoms with van der Waals surface area (Å²) < 4.78 is 123. The standard InChI is InChI=1S/C15H9F5O2S.C10H11F3O2/c16-10-11(17)13(19)15(14(20)12(10)18)22-23-8-4-3-7-2-1-5-21-9(7)6-8;1-14-5-6-15-9-4-2-3-8(7-9)10(11,12)13/h3-4,6H,1-2,5H2;2-4,7H,5-6H2,1H3. The molecule has 0 unspecified atom stereocenters. The van der Waals surface area contributed by atoms with E-state index in [2.05, 4.69) is 0 Å². The molecule has 0 saturated carbocycles. The molecular formula is C25H20F8O4S. The molecule has 0 aliphatic carbocycles. The largest absolute Gasteiger partial charge is 0.493 e. The van der Waals surface area contributed by atoms with E-state index in [9.17, 15) is 35.1 Å². The van der Waals surface area contributed by atoms with Gasteiger partial charge in [-0.15, -0.1) is 0 Å². The summed E-state index contributed by atoms with van der Waals surface area (Å²) >= 11 is 0.482. The van der Waals surface area contributed by atoms with E-state index in [1.54, 1.807) is 18.2 Å². The Kier molecular flexibility index (Phi) is 10.1. The lowest BCUT2D eigenvalue weighted by molar-refractivity contribution is -0.137. The molecule has 0 atom stereocenters. The van der Waals surface area contributed by atoms with Crippen LogP contribution < -0.4 is 13.7 Å². The van der Waals surface area contributed by atoms with Gasteiger partial charge in [0.05, 0.1) is 35.7 Å². The fourth-order valence-corrected chi connectivity index (χ4v) is 3.73. The molecule has 206 valence electrons. The SMILES string of the molecule is COCCOc1cccc(C(F)(F)F)c1.Fc1c(F)c(F)c(OSc2ccc3c(c2)OCCC3)c(F)c1F. The van der Waals surface area contributed by atoms with Crippen molar-refractivity contribution in [2.45, 2.75) is 23.9 Å². The third-order valence-corrected chi connectivity index (χ3v) is 5.69. The van der Waals surface area contributed by atoms with Crippen molar-refractivity contribution < 1.29 is 53.5 Å². The summed E-state index contributed by atoms with van der Waals surface area (Å²) in [4.78, 5) is 0.412. The fourth-order valence-electron chi connectivity index (χ4n) is 3.13. The fraction of sp³-hybridized carbons (Fsp3) is 0.280. The molecule has 3 aromatic carbocycles. The van der Waals surface area contributed by atoms with Crippen molar-refractivity contribution in [1.82, 2.24) is 0 Å². The summed E-state index contributed by atoms with van der Waals surface area (Å²) in [7, 11) is 1.50. The summed E-state index contributed by atoms with van der Waals surface area (Å²) in [6.45, 7) is 1.13. The summed E-state index contributed by atoms with van der Waals surface area (Å²) in [6.07, 6.45) is -2.60. The Balaban J connectivity index is 0.000000232. The van der Waals surface area contributed by atoms with Crippen LogP contribution in [0.25, 0.3) is 0 Å². The zero-order valence-electron chi connectivity index (χ0n) is 19.6. The summed E-state index contributed by atoms with van der Waals surface area (Å²) in [5, 5.41) is 0. The number of rotatable bonds is 7. The van der Waals surface area contributed by atoms with Crippen LogP contribution in [0.3, 0.4) is 0 Å². The number of aryl methyl sites for hydroxylation is 1. The molecule has 3 aromatic rings. The second-order valence-corrected chi connectivity index (χ2v) is 8.46. The van der Waals surface area contributed by atoms with Gasteiger partial charge in [0.1, 0.15) is 18.1 Å². The van der Waals surface area contributed by atoms with Gasteiger partial charge in [-0.1, -0.05) is 12.1 Å². The zero-order chi connectivity index (χ0) is 27.9. The predicted molar refractivity (Wildman–Crippen MR) is 122 cm³/mol. The molecular weight excluding hydrogens is 548 g/mol. The van der Waals surface area contributed by atoms with Crippen LogP contribution in [0.1, 0.15) is 17.5 Å². The summed E-state index contributed by atoms with van der Waals surface area (Å²) in [5.74, 6) is -10.9. The number of hydrogen-bond donors (Lipinski definition) is 0. The first-order chi connectivity index (χ1) is 18.0. The van der Waals surface area contributed by atoms with E-state index in [4.69, 9.17) is 18.4 Å². The van der Waals surface area contributed by atoms with E-state index in [0.717, 1.165) is 30.5 Å². The Hall–Kier alpha value is -3.19. The molecule has 0 aromatic heterocycles. The molecule has 0 N–H and O–H groups in total. The molecule has 0 saturated heterocycles. The van der Waals surface area contributed by atoms with E-state index >= 15 is 0 Å². The second kappa shape index (κ2) is 13.1. The molecule has 0 amide bonds. The molecule has 0 spiro atoms. The van der Waals surface area contributed by atoms with Crippen molar-refractivity contribution >= 4 is 12.0 Å². The zero-order valence-corrected chi connectivity index (χ0v) is 20.5. The first-order valence-electron chi connectivity index (χ1n) is 10.9. The van der Waals surface area contributed by atoms with E-state index in [1.165, 1.54) is 19.2 Å². The second-order valence-electron chi connectivity index (χ2n) is 7.65. The predicted octanol–water partition coefficient (Wildman–Crippen LogP) is 7.52. The molecule has 0 fully saturated rings. The lowest BCUT2D eigenvalue weighted by Crippen LogP contribution is -2.08. The maximum absolute atomic E-state index is 13.5. The van der Waals surface area contributed by atoms with Gasteiger partial charge in [-0.2, -0.15) is 22.0 Å². The normalized spacial score (nSPS) is 12.7. The number of hydrogen-bond acceptors (Lipinski definition) is 5. The maximum Gasteiger partial charge on any atom is 0.416 e. The van der Waals surface area contributed by atoms with Gasteiger partial charge in [0.25, 0.3) is 0 Å². The van der Waals surface area contributed by atoms with Gasteiger partial charge in [-0.25, -0.2) is 13.2 Å². The van der Waals surface area contributed by atoms with Crippen molar-refractivity contribution in [2.24, 2.45) is 0 Å². The van der Waals surface area contributed by atoms with Gasteiger partial charge in [0.2, 0.25) is 34.8 Å². The van der Waals surface area contributed by atoms with Crippen LogP contribution in [0.15, 0.2) is 47.4 Å². The van der Waals surface area contributed by atoms with Crippen molar-refractivity contribution in [2.75, 3.05) is 26.9 Å². The first kappa shape index (κ1) is 29.4. The lowest BCUT2D eigenvalue weighted by atomic mass is 10.1. The van der Waals surface area contributed by atoms with Crippen LogP contribution in [0.2, 0.25) is 0 Å². The molecule has 0 bridgehead atoms. The lowest BCUT2D eigenvalue weighted by Gasteiger charge is -2.17. The molecule has 1 aliphatic rings. The number of fused-ring (bicyclic) bond motifs is 1. The monoisotopic (exact) mass is 568 g/mol. The number of halogens is 8. The third-order valence-electron chi connectivity index (χ3n) is 4.99. The van der Waals surface area contributed by atoms with E-state index in [0.29, 0.717) is 35.9 Å². The molecule has 1 aliphatic heterocycles. The van der Waals surface area contributed by atoms with Crippen LogP contribution >= 0.6 is 12.0 Å². The number of benzene rings is 3. The summed E-state index contributed by atoms with van der Waals surface area (Å²) in [6, 6.07) is 9.73. The third kappa shape index (κ3) is 7.44. The molecule has 38 heavy (non-hydrogen) atoms. The van der Waals surface area contributed by atoms with Crippen molar-refractivity contribution in [3.63, 3.8) is 0 Å².